The van der Waals surface area contributed by atoms with Gasteiger partial charge in [0.2, 0.25) is 0 Å². The standard InChI is InChI=1S/C34H26N8/c35-23-15-17-25-33(27(23)37)41-29(19-9-3-1-4-10-19)31(39-25)21-13-7-8-14-22(21)32-30(20-11-5-2-6-12-20)42-34-26(40-32)18-16-24(36)28(34)38/h1-18H,35-38H2. The second-order valence-corrected chi connectivity index (χ2v) is 9.99. The molecule has 0 aliphatic heterocycles. The van der Waals surface area contributed by atoms with Crippen molar-refractivity contribution in [3.05, 3.63) is 109 Å². The molecule has 8 nitrogen and oxygen atoms in total. The van der Waals surface area contributed by atoms with Gasteiger partial charge >= 0.3 is 0 Å². The molecule has 42 heavy (non-hydrogen) atoms. The molecular weight excluding hydrogens is 520 g/mol. The molecule has 2 aromatic heterocycles. The molecule has 7 rings (SSSR count). The summed E-state index contributed by atoms with van der Waals surface area (Å²) in [5, 5.41) is 0. The second-order valence-electron chi connectivity index (χ2n) is 9.99. The van der Waals surface area contributed by atoms with Crippen molar-refractivity contribution in [3.63, 3.8) is 0 Å². The zero-order valence-corrected chi connectivity index (χ0v) is 22.5. The number of aromatic nitrogens is 4. The maximum absolute atomic E-state index is 6.37. The zero-order chi connectivity index (χ0) is 28.8. The van der Waals surface area contributed by atoms with Crippen molar-refractivity contribution in [2.75, 3.05) is 22.9 Å². The van der Waals surface area contributed by atoms with E-state index in [0.717, 1.165) is 22.3 Å². The Hall–Kier alpha value is -6.02. The quantitative estimate of drug-likeness (QED) is 0.181. The average molecular weight is 547 g/mol. The third-order valence-corrected chi connectivity index (χ3v) is 7.35. The van der Waals surface area contributed by atoms with E-state index in [1.54, 1.807) is 12.1 Å². The molecule has 0 saturated carbocycles. The van der Waals surface area contributed by atoms with Gasteiger partial charge in [-0.15, -0.1) is 0 Å². The van der Waals surface area contributed by atoms with Crippen LogP contribution in [-0.2, 0) is 0 Å². The molecule has 5 aromatic carbocycles. The largest absolute Gasteiger partial charge is 0.397 e. The number of hydrogen-bond donors (Lipinski definition) is 4. The number of benzene rings is 5. The maximum atomic E-state index is 6.37. The van der Waals surface area contributed by atoms with E-state index in [4.69, 9.17) is 42.9 Å². The molecule has 0 spiro atoms. The summed E-state index contributed by atoms with van der Waals surface area (Å²) in [7, 11) is 0. The molecule has 0 unspecified atom stereocenters. The predicted octanol–water partition coefficient (Wildman–Crippen LogP) is 6.57. The minimum absolute atomic E-state index is 0.403. The summed E-state index contributed by atoms with van der Waals surface area (Å²) in [6.07, 6.45) is 0. The van der Waals surface area contributed by atoms with E-state index < -0.39 is 0 Å². The molecule has 0 atom stereocenters. The topological polar surface area (TPSA) is 156 Å². The van der Waals surface area contributed by atoms with Gasteiger partial charge in [-0.1, -0.05) is 84.9 Å². The number of nitrogen functional groups attached to an aromatic ring is 4. The summed E-state index contributed by atoms with van der Waals surface area (Å²) in [5.41, 5.74) is 35.3. The highest BCUT2D eigenvalue weighted by Gasteiger charge is 2.22. The molecule has 8 heteroatoms. The fraction of sp³-hybridized carbons (Fsp3) is 0. The van der Waals surface area contributed by atoms with Crippen molar-refractivity contribution in [2.24, 2.45) is 0 Å². The fourth-order valence-electron chi connectivity index (χ4n) is 5.18. The predicted molar refractivity (Wildman–Crippen MR) is 172 cm³/mol. The van der Waals surface area contributed by atoms with E-state index in [1.165, 1.54) is 0 Å². The van der Waals surface area contributed by atoms with E-state index >= 15 is 0 Å². The fourth-order valence-corrected chi connectivity index (χ4v) is 5.18. The molecule has 0 radical (unpaired) electrons. The SMILES string of the molecule is Nc1ccc2nc(-c3ccccc3-c3nc4ccc(N)c(N)c4nc3-c3ccccc3)c(-c3ccccc3)nc2c1N. The van der Waals surface area contributed by atoms with Crippen LogP contribution in [0, 0.1) is 0 Å². The lowest BCUT2D eigenvalue weighted by molar-refractivity contribution is 1.27. The van der Waals surface area contributed by atoms with Crippen molar-refractivity contribution in [1.82, 2.24) is 19.9 Å². The van der Waals surface area contributed by atoms with Crippen LogP contribution >= 0.6 is 0 Å². The van der Waals surface area contributed by atoms with Crippen molar-refractivity contribution in [1.29, 1.82) is 0 Å². The van der Waals surface area contributed by atoms with Gasteiger partial charge in [-0.05, 0) is 24.3 Å². The van der Waals surface area contributed by atoms with Crippen LogP contribution in [0.1, 0.15) is 0 Å². The summed E-state index contributed by atoms with van der Waals surface area (Å²) < 4.78 is 0. The van der Waals surface area contributed by atoms with Crippen molar-refractivity contribution >= 4 is 44.8 Å². The Morgan fingerprint density at radius 2 is 0.738 bits per heavy atom. The molecule has 7 aromatic rings. The van der Waals surface area contributed by atoms with E-state index in [1.807, 2.05) is 97.1 Å². The molecule has 0 aliphatic carbocycles. The molecule has 8 N–H and O–H groups in total. The van der Waals surface area contributed by atoms with E-state index in [-0.39, 0.29) is 0 Å². The number of rotatable bonds is 4. The first-order chi connectivity index (χ1) is 20.5. The van der Waals surface area contributed by atoms with Crippen LogP contribution < -0.4 is 22.9 Å². The Morgan fingerprint density at radius 1 is 0.357 bits per heavy atom. The van der Waals surface area contributed by atoms with Crippen molar-refractivity contribution in [2.45, 2.75) is 0 Å². The van der Waals surface area contributed by atoms with Gasteiger partial charge in [0.25, 0.3) is 0 Å². The molecule has 2 heterocycles. The van der Waals surface area contributed by atoms with Gasteiger partial charge in [0.1, 0.15) is 11.0 Å². The molecule has 0 fully saturated rings. The average Bonchev–Trinajstić information content (AvgIpc) is 3.04. The first-order valence-electron chi connectivity index (χ1n) is 13.4. The van der Waals surface area contributed by atoms with Gasteiger partial charge in [-0.25, -0.2) is 19.9 Å². The Labute approximate surface area is 241 Å². The first-order valence-corrected chi connectivity index (χ1v) is 13.4. The summed E-state index contributed by atoms with van der Waals surface area (Å²) in [4.78, 5) is 20.3. The number of anilines is 4. The van der Waals surface area contributed by atoms with E-state index in [9.17, 15) is 0 Å². The van der Waals surface area contributed by atoms with E-state index in [2.05, 4.69) is 0 Å². The summed E-state index contributed by atoms with van der Waals surface area (Å²) in [6.45, 7) is 0. The first kappa shape index (κ1) is 25.0. The third kappa shape index (κ3) is 4.10. The number of fused-ring (bicyclic) bond motifs is 2. The van der Waals surface area contributed by atoms with Gasteiger partial charge in [-0.2, -0.15) is 0 Å². The van der Waals surface area contributed by atoms with Gasteiger partial charge < -0.3 is 22.9 Å². The Morgan fingerprint density at radius 3 is 1.14 bits per heavy atom. The normalized spacial score (nSPS) is 11.2. The summed E-state index contributed by atoms with van der Waals surface area (Å²) in [6, 6.07) is 35.0. The molecular formula is C34H26N8. The lowest BCUT2D eigenvalue weighted by Crippen LogP contribution is -2.03. The summed E-state index contributed by atoms with van der Waals surface area (Å²) in [5.74, 6) is 0. The van der Waals surface area contributed by atoms with Crippen LogP contribution in [0.15, 0.2) is 109 Å². The third-order valence-electron chi connectivity index (χ3n) is 7.35. The molecule has 0 aliphatic rings. The summed E-state index contributed by atoms with van der Waals surface area (Å²) >= 11 is 0. The van der Waals surface area contributed by atoms with Gasteiger partial charge in [0.05, 0.1) is 56.6 Å². The monoisotopic (exact) mass is 546 g/mol. The molecule has 0 saturated heterocycles. The number of hydrogen-bond acceptors (Lipinski definition) is 8. The minimum Gasteiger partial charge on any atom is -0.397 e. The number of nitrogens with two attached hydrogens (primary N) is 4. The van der Waals surface area contributed by atoms with Gasteiger partial charge in [-0.3, -0.25) is 0 Å². The molecule has 0 amide bonds. The number of nitrogens with zero attached hydrogens (tertiary/aromatic N) is 4. The molecule has 0 bridgehead atoms. The van der Waals surface area contributed by atoms with Crippen molar-refractivity contribution in [3.8, 4) is 45.0 Å². The Kier molecular flexibility index (Phi) is 5.87. The van der Waals surface area contributed by atoms with Gasteiger partial charge in [0, 0.05) is 22.3 Å². The minimum atomic E-state index is 0.403. The highest BCUT2D eigenvalue weighted by atomic mass is 14.9. The van der Waals surface area contributed by atoms with Crippen LogP contribution in [0.2, 0.25) is 0 Å². The Bertz CT molecular complexity index is 1970. The van der Waals surface area contributed by atoms with Crippen LogP contribution in [0.4, 0.5) is 22.7 Å². The van der Waals surface area contributed by atoms with E-state index in [0.29, 0.717) is 67.6 Å². The lowest BCUT2D eigenvalue weighted by atomic mass is 9.94. The van der Waals surface area contributed by atoms with Crippen LogP contribution in [0.3, 0.4) is 0 Å². The van der Waals surface area contributed by atoms with Crippen LogP contribution in [0.25, 0.3) is 67.1 Å². The second kappa shape index (κ2) is 9.87. The lowest BCUT2D eigenvalue weighted by Gasteiger charge is -2.17. The van der Waals surface area contributed by atoms with Crippen LogP contribution in [-0.4, -0.2) is 19.9 Å². The smallest absolute Gasteiger partial charge is 0.114 e. The highest BCUT2D eigenvalue weighted by Crippen LogP contribution is 2.41. The highest BCUT2D eigenvalue weighted by molar-refractivity contribution is 6.01. The molecule has 202 valence electrons. The van der Waals surface area contributed by atoms with Gasteiger partial charge in [0.15, 0.2) is 0 Å². The van der Waals surface area contributed by atoms with Crippen LogP contribution in [0.5, 0.6) is 0 Å². The Balaban J connectivity index is 1.56. The van der Waals surface area contributed by atoms with Crippen molar-refractivity contribution < 1.29 is 0 Å². The zero-order valence-electron chi connectivity index (χ0n) is 22.5. The maximum Gasteiger partial charge on any atom is 0.114 e.